The number of hydrogen-bond acceptors (Lipinski definition) is 5. The molecule has 0 bridgehead atoms. The van der Waals surface area contributed by atoms with Gasteiger partial charge in [-0.3, -0.25) is 0 Å². The third-order valence-corrected chi connectivity index (χ3v) is 3.38. The van der Waals surface area contributed by atoms with Crippen LogP contribution in [-0.4, -0.2) is 26.6 Å². The molecule has 5 heteroatoms. The molecule has 0 aliphatic carbocycles. The zero-order valence-electron chi connectivity index (χ0n) is 9.43. The van der Waals surface area contributed by atoms with Crippen molar-refractivity contribution in [2.24, 2.45) is 0 Å². The molecule has 2 unspecified atom stereocenters. The maximum absolute atomic E-state index is 9.14. The second kappa shape index (κ2) is 6.12. The van der Waals surface area contributed by atoms with Gasteiger partial charge in [-0.15, -0.1) is 0 Å². The van der Waals surface area contributed by atoms with Gasteiger partial charge in [-0.25, -0.2) is 0 Å². The van der Waals surface area contributed by atoms with E-state index in [0.29, 0.717) is 17.6 Å². The van der Waals surface area contributed by atoms with Gasteiger partial charge >= 0.3 is 0 Å². The third-order valence-electron chi connectivity index (χ3n) is 2.05. The molecule has 1 heterocycles. The molecule has 0 fully saturated rings. The minimum atomic E-state index is -0.430. The minimum Gasteiger partial charge on any atom is -0.393 e. The first-order valence-corrected chi connectivity index (χ1v) is 6.27. The molecule has 0 amide bonds. The molecule has 2 atom stereocenters. The summed E-state index contributed by atoms with van der Waals surface area (Å²) in [5.41, 5.74) is 0. The Morgan fingerprint density at radius 3 is 2.80 bits per heavy atom. The van der Waals surface area contributed by atoms with Gasteiger partial charge in [0.05, 0.1) is 18.3 Å². The average molecular weight is 230 g/mol. The lowest BCUT2D eigenvalue weighted by molar-refractivity contribution is 0.181. The molecule has 1 aromatic heterocycles. The van der Waals surface area contributed by atoms with E-state index in [1.165, 1.54) is 0 Å². The van der Waals surface area contributed by atoms with Crippen molar-refractivity contribution >= 4 is 11.8 Å². The molecule has 0 saturated heterocycles. The van der Waals surface area contributed by atoms with Crippen LogP contribution in [0.25, 0.3) is 0 Å². The number of nitrogens with zero attached hydrogens (tertiary/aromatic N) is 2. The van der Waals surface area contributed by atoms with Crippen LogP contribution in [0.2, 0.25) is 0 Å². The molecular weight excluding hydrogens is 212 g/mol. The predicted molar refractivity (Wildman–Crippen MR) is 60.7 cm³/mol. The van der Waals surface area contributed by atoms with Crippen LogP contribution in [0, 0.1) is 0 Å². The van der Waals surface area contributed by atoms with Gasteiger partial charge in [0, 0.05) is 5.25 Å². The maximum Gasteiger partial charge on any atom is 0.229 e. The fourth-order valence-electron chi connectivity index (χ4n) is 1.02. The quantitative estimate of drug-likeness (QED) is 0.810. The van der Waals surface area contributed by atoms with Gasteiger partial charge in [0.15, 0.2) is 5.82 Å². The van der Waals surface area contributed by atoms with E-state index in [0.717, 1.165) is 18.0 Å². The second-order valence-electron chi connectivity index (χ2n) is 3.69. The van der Waals surface area contributed by atoms with Gasteiger partial charge < -0.3 is 9.63 Å². The first-order valence-electron chi connectivity index (χ1n) is 5.23. The van der Waals surface area contributed by atoms with E-state index in [4.69, 9.17) is 9.63 Å². The third kappa shape index (κ3) is 4.66. The van der Waals surface area contributed by atoms with Crippen LogP contribution in [0.15, 0.2) is 4.52 Å². The van der Waals surface area contributed by atoms with E-state index in [1.54, 1.807) is 6.92 Å². The first-order chi connectivity index (χ1) is 7.11. The maximum atomic E-state index is 9.14. The van der Waals surface area contributed by atoms with Gasteiger partial charge in [0.25, 0.3) is 0 Å². The van der Waals surface area contributed by atoms with Crippen LogP contribution < -0.4 is 0 Å². The molecule has 1 rings (SSSR count). The molecule has 0 spiro atoms. The lowest BCUT2D eigenvalue weighted by atomic mass is 10.3. The molecule has 1 aromatic rings. The van der Waals surface area contributed by atoms with Crippen molar-refractivity contribution < 1.29 is 9.63 Å². The number of hydrogen-bond donors (Lipinski definition) is 1. The van der Waals surface area contributed by atoms with Crippen molar-refractivity contribution in [2.45, 2.75) is 50.7 Å². The smallest absolute Gasteiger partial charge is 0.229 e. The van der Waals surface area contributed by atoms with Crippen molar-refractivity contribution in [3.8, 4) is 0 Å². The summed E-state index contributed by atoms with van der Waals surface area (Å²) in [6.07, 6.45) is 1.14. The van der Waals surface area contributed by atoms with E-state index in [-0.39, 0.29) is 0 Å². The standard InChI is InChI=1S/C10H18N2O2S/c1-4-8(3)15-6-9-11-10(14-12-9)5-7(2)13/h7-8,13H,4-6H2,1-3H3. The second-order valence-corrected chi connectivity index (χ2v) is 5.11. The molecule has 15 heavy (non-hydrogen) atoms. The highest BCUT2D eigenvalue weighted by Crippen LogP contribution is 2.18. The molecule has 4 nitrogen and oxygen atoms in total. The summed E-state index contributed by atoms with van der Waals surface area (Å²) in [6.45, 7) is 6.05. The first kappa shape index (κ1) is 12.5. The van der Waals surface area contributed by atoms with Crippen LogP contribution >= 0.6 is 11.8 Å². The number of aliphatic hydroxyl groups excluding tert-OH is 1. The topological polar surface area (TPSA) is 59.2 Å². The fraction of sp³-hybridized carbons (Fsp3) is 0.800. The highest BCUT2D eigenvalue weighted by atomic mass is 32.2. The van der Waals surface area contributed by atoms with Crippen molar-refractivity contribution in [3.05, 3.63) is 11.7 Å². The van der Waals surface area contributed by atoms with Crippen molar-refractivity contribution in [3.63, 3.8) is 0 Å². The largest absolute Gasteiger partial charge is 0.393 e. The summed E-state index contributed by atoms with van der Waals surface area (Å²) in [7, 11) is 0. The van der Waals surface area contributed by atoms with Crippen LogP contribution in [0.1, 0.15) is 38.9 Å². The molecule has 0 saturated carbocycles. The predicted octanol–water partition coefficient (Wildman–Crippen LogP) is 2.02. The molecule has 0 aromatic carbocycles. The summed E-state index contributed by atoms with van der Waals surface area (Å²) >= 11 is 1.81. The summed E-state index contributed by atoms with van der Waals surface area (Å²) in [4.78, 5) is 4.20. The molecule has 1 N–H and O–H groups in total. The zero-order chi connectivity index (χ0) is 11.3. The highest BCUT2D eigenvalue weighted by molar-refractivity contribution is 7.99. The van der Waals surface area contributed by atoms with Crippen molar-refractivity contribution in [1.29, 1.82) is 0 Å². The number of aliphatic hydroxyl groups is 1. The van der Waals surface area contributed by atoms with Gasteiger partial charge in [-0.2, -0.15) is 16.7 Å². The fourth-order valence-corrected chi connectivity index (χ4v) is 1.81. The summed E-state index contributed by atoms with van der Waals surface area (Å²) in [6, 6.07) is 0. The van der Waals surface area contributed by atoms with Crippen LogP contribution in [0.4, 0.5) is 0 Å². The SMILES string of the molecule is CCC(C)SCc1noc(CC(C)O)n1. The zero-order valence-corrected chi connectivity index (χ0v) is 10.3. The lowest BCUT2D eigenvalue weighted by Crippen LogP contribution is -2.04. The van der Waals surface area contributed by atoms with Gasteiger partial charge in [-0.1, -0.05) is 19.0 Å². The normalized spacial score (nSPS) is 15.2. The number of thioether (sulfide) groups is 1. The number of rotatable bonds is 6. The van der Waals surface area contributed by atoms with Crippen molar-refractivity contribution in [1.82, 2.24) is 10.1 Å². The minimum absolute atomic E-state index is 0.430. The molecule has 0 aliphatic rings. The van der Waals surface area contributed by atoms with Crippen LogP contribution in [0.5, 0.6) is 0 Å². The van der Waals surface area contributed by atoms with E-state index < -0.39 is 6.10 Å². The van der Waals surface area contributed by atoms with Crippen molar-refractivity contribution in [2.75, 3.05) is 0 Å². The van der Waals surface area contributed by atoms with Gasteiger partial charge in [-0.05, 0) is 13.3 Å². The molecule has 0 aliphatic heterocycles. The summed E-state index contributed by atoms with van der Waals surface area (Å²) < 4.78 is 5.01. The Morgan fingerprint density at radius 1 is 1.47 bits per heavy atom. The van der Waals surface area contributed by atoms with Crippen LogP contribution in [0.3, 0.4) is 0 Å². The van der Waals surface area contributed by atoms with E-state index >= 15 is 0 Å². The summed E-state index contributed by atoms with van der Waals surface area (Å²) in [5.74, 6) is 2.01. The summed E-state index contributed by atoms with van der Waals surface area (Å²) in [5, 5.41) is 13.6. The molecule has 0 radical (unpaired) electrons. The lowest BCUT2D eigenvalue weighted by Gasteiger charge is -2.04. The van der Waals surface area contributed by atoms with Gasteiger partial charge in [0.2, 0.25) is 5.89 Å². The monoisotopic (exact) mass is 230 g/mol. The van der Waals surface area contributed by atoms with Gasteiger partial charge in [0.1, 0.15) is 0 Å². The molecule has 86 valence electrons. The Kier molecular flexibility index (Phi) is 5.11. The number of aromatic nitrogens is 2. The van der Waals surface area contributed by atoms with E-state index in [1.807, 2.05) is 11.8 Å². The Labute approximate surface area is 94.5 Å². The van der Waals surface area contributed by atoms with E-state index in [9.17, 15) is 0 Å². The highest BCUT2D eigenvalue weighted by Gasteiger charge is 2.09. The Bertz CT molecular complexity index is 289. The Balaban J connectivity index is 2.39. The Hall–Kier alpha value is -0.550. The Morgan fingerprint density at radius 2 is 2.20 bits per heavy atom. The van der Waals surface area contributed by atoms with E-state index in [2.05, 4.69) is 24.0 Å². The average Bonchev–Trinajstić information content (AvgIpc) is 2.61. The van der Waals surface area contributed by atoms with Crippen LogP contribution in [-0.2, 0) is 12.2 Å². The molecular formula is C10H18N2O2S.